The Bertz CT molecular complexity index is 724. The Kier molecular flexibility index (Phi) is 3.44. The lowest BCUT2D eigenvalue weighted by Crippen LogP contribution is -1.85. The molecule has 0 bridgehead atoms. The molecule has 96 valence electrons. The van der Waals surface area contributed by atoms with Crippen molar-refractivity contribution in [3.63, 3.8) is 0 Å². The molecule has 1 aromatic carbocycles. The summed E-state index contributed by atoms with van der Waals surface area (Å²) in [4.78, 5) is 11.9. The summed E-state index contributed by atoms with van der Waals surface area (Å²) in [6.45, 7) is 2.12. The molecule has 1 N–H and O–H groups in total. The van der Waals surface area contributed by atoms with E-state index in [9.17, 15) is 0 Å². The Balaban J connectivity index is 1.80. The fourth-order valence-corrected chi connectivity index (χ4v) is 2.95. The lowest BCUT2D eigenvalue weighted by Gasteiger charge is -2.02. The van der Waals surface area contributed by atoms with E-state index in [4.69, 9.17) is 11.6 Å². The monoisotopic (exact) mass is 289 g/mol. The van der Waals surface area contributed by atoms with Crippen LogP contribution in [0.3, 0.4) is 0 Å². The van der Waals surface area contributed by atoms with Crippen molar-refractivity contribution in [2.24, 2.45) is 0 Å². The van der Waals surface area contributed by atoms with Crippen LogP contribution in [0.15, 0.2) is 41.7 Å². The third kappa shape index (κ3) is 2.74. The average molecular weight is 290 g/mol. The number of rotatable bonds is 3. The molecule has 3 aromatic rings. The van der Waals surface area contributed by atoms with Crippen LogP contribution in [0.4, 0.5) is 0 Å². The highest BCUT2D eigenvalue weighted by Gasteiger charge is 2.06. The number of nitrogens with one attached hydrogen (secondary N) is 1. The first kappa shape index (κ1) is 12.5. The van der Waals surface area contributed by atoms with E-state index >= 15 is 0 Å². The van der Waals surface area contributed by atoms with Gasteiger partial charge in [-0.05, 0) is 24.1 Å². The van der Waals surface area contributed by atoms with Crippen LogP contribution in [0.25, 0.3) is 11.2 Å². The van der Waals surface area contributed by atoms with E-state index in [1.807, 2.05) is 6.07 Å². The first-order valence-corrected chi connectivity index (χ1v) is 7.27. The van der Waals surface area contributed by atoms with Crippen LogP contribution in [-0.2, 0) is 5.75 Å². The minimum Gasteiger partial charge on any atom is -0.331 e. The van der Waals surface area contributed by atoms with Gasteiger partial charge in [-0.15, -0.1) is 0 Å². The SMILES string of the molecule is Cc1ccccc1CSc1nc2ncc(Cl)cc2[nH]1. The van der Waals surface area contributed by atoms with Gasteiger partial charge in [-0.3, -0.25) is 0 Å². The summed E-state index contributed by atoms with van der Waals surface area (Å²) >= 11 is 7.57. The molecule has 0 amide bonds. The first-order chi connectivity index (χ1) is 9.22. The van der Waals surface area contributed by atoms with Crippen LogP contribution < -0.4 is 0 Å². The first-order valence-electron chi connectivity index (χ1n) is 5.91. The number of hydrogen-bond acceptors (Lipinski definition) is 3. The molecule has 5 heteroatoms. The van der Waals surface area contributed by atoms with Gasteiger partial charge < -0.3 is 4.98 Å². The normalized spacial score (nSPS) is 11.1. The van der Waals surface area contributed by atoms with Crippen molar-refractivity contribution in [2.45, 2.75) is 17.8 Å². The number of thioether (sulfide) groups is 1. The molecule has 0 radical (unpaired) electrons. The van der Waals surface area contributed by atoms with Crippen molar-refractivity contribution < 1.29 is 0 Å². The molecule has 19 heavy (non-hydrogen) atoms. The highest BCUT2D eigenvalue weighted by molar-refractivity contribution is 7.98. The Morgan fingerprint density at radius 3 is 3.00 bits per heavy atom. The summed E-state index contributed by atoms with van der Waals surface area (Å²) in [6, 6.07) is 10.2. The molecule has 0 spiro atoms. The second kappa shape index (κ2) is 5.23. The molecule has 2 aromatic heterocycles. The molecular formula is C14H12ClN3S. The van der Waals surface area contributed by atoms with Crippen LogP contribution >= 0.6 is 23.4 Å². The number of imidazole rings is 1. The standard InChI is InChI=1S/C14H12ClN3S/c1-9-4-2-3-5-10(9)8-19-14-17-12-6-11(15)7-16-13(12)18-14/h2-7H,8H2,1H3,(H,16,17,18). The second-order valence-corrected chi connectivity index (χ2v) is 5.68. The third-order valence-electron chi connectivity index (χ3n) is 2.91. The molecule has 0 saturated heterocycles. The number of aromatic amines is 1. The van der Waals surface area contributed by atoms with Crippen LogP contribution in [0, 0.1) is 6.92 Å². The molecule has 0 aliphatic carbocycles. The maximum atomic E-state index is 5.90. The predicted molar refractivity (Wildman–Crippen MR) is 79.6 cm³/mol. The Labute approximate surface area is 120 Å². The zero-order valence-electron chi connectivity index (χ0n) is 10.4. The second-order valence-electron chi connectivity index (χ2n) is 4.28. The van der Waals surface area contributed by atoms with Crippen molar-refractivity contribution in [2.75, 3.05) is 0 Å². The molecular weight excluding hydrogens is 278 g/mol. The predicted octanol–water partition coefficient (Wildman–Crippen LogP) is 4.21. The summed E-state index contributed by atoms with van der Waals surface area (Å²) in [5.41, 5.74) is 4.20. The number of benzene rings is 1. The van der Waals surface area contributed by atoms with Crippen molar-refractivity contribution in [1.29, 1.82) is 0 Å². The zero-order chi connectivity index (χ0) is 13.2. The van der Waals surface area contributed by atoms with Gasteiger partial charge in [0.15, 0.2) is 10.8 Å². The number of pyridine rings is 1. The van der Waals surface area contributed by atoms with E-state index in [1.54, 1.807) is 18.0 Å². The number of halogens is 1. The zero-order valence-corrected chi connectivity index (χ0v) is 11.9. The van der Waals surface area contributed by atoms with E-state index in [1.165, 1.54) is 11.1 Å². The van der Waals surface area contributed by atoms with Gasteiger partial charge in [0.1, 0.15) is 0 Å². The number of aromatic nitrogens is 3. The number of hydrogen-bond donors (Lipinski definition) is 1. The van der Waals surface area contributed by atoms with Crippen molar-refractivity contribution in [3.8, 4) is 0 Å². The van der Waals surface area contributed by atoms with Crippen LogP contribution in [0.1, 0.15) is 11.1 Å². The summed E-state index contributed by atoms with van der Waals surface area (Å²) in [6.07, 6.45) is 1.61. The molecule has 0 unspecified atom stereocenters. The maximum absolute atomic E-state index is 5.90. The topological polar surface area (TPSA) is 41.6 Å². The minimum atomic E-state index is 0.617. The summed E-state index contributed by atoms with van der Waals surface area (Å²) in [5.74, 6) is 0.889. The number of fused-ring (bicyclic) bond motifs is 1. The van der Waals surface area contributed by atoms with Gasteiger partial charge >= 0.3 is 0 Å². The molecule has 0 saturated carbocycles. The molecule has 0 atom stereocenters. The quantitative estimate of drug-likeness (QED) is 0.734. The summed E-state index contributed by atoms with van der Waals surface area (Å²) < 4.78 is 0. The van der Waals surface area contributed by atoms with E-state index in [2.05, 4.69) is 46.1 Å². The molecule has 0 aliphatic rings. The Morgan fingerprint density at radius 2 is 2.16 bits per heavy atom. The molecule has 2 heterocycles. The van der Waals surface area contributed by atoms with Gasteiger partial charge in [0, 0.05) is 11.9 Å². The van der Waals surface area contributed by atoms with E-state index < -0.39 is 0 Å². The third-order valence-corrected chi connectivity index (χ3v) is 4.04. The molecule has 0 aliphatic heterocycles. The molecule has 3 nitrogen and oxygen atoms in total. The minimum absolute atomic E-state index is 0.617. The lowest BCUT2D eigenvalue weighted by atomic mass is 10.1. The molecule has 3 rings (SSSR count). The average Bonchev–Trinajstić information content (AvgIpc) is 2.79. The highest BCUT2D eigenvalue weighted by Crippen LogP contribution is 2.24. The van der Waals surface area contributed by atoms with Gasteiger partial charge in [-0.1, -0.05) is 47.6 Å². The maximum Gasteiger partial charge on any atom is 0.178 e. The number of aryl methyl sites for hydroxylation is 1. The smallest absolute Gasteiger partial charge is 0.178 e. The Hall–Kier alpha value is -1.52. The number of H-pyrrole nitrogens is 1. The van der Waals surface area contributed by atoms with Crippen LogP contribution in [0.5, 0.6) is 0 Å². The largest absolute Gasteiger partial charge is 0.331 e. The summed E-state index contributed by atoms with van der Waals surface area (Å²) in [5, 5.41) is 1.49. The fraction of sp³-hybridized carbons (Fsp3) is 0.143. The Morgan fingerprint density at radius 1 is 1.32 bits per heavy atom. The fourth-order valence-electron chi connectivity index (χ4n) is 1.84. The molecule has 0 fully saturated rings. The lowest BCUT2D eigenvalue weighted by molar-refractivity contribution is 1.07. The van der Waals surface area contributed by atoms with Gasteiger partial charge in [-0.25, -0.2) is 9.97 Å². The van der Waals surface area contributed by atoms with E-state index in [0.29, 0.717) is 10.7 Å². The van der Waals surface area contributed by atoms with Crippen molar-refractivity contribution in [1.82, 2.24) is 15.0 Å². The van der Waals surface area contributed by atoms with E-state index in [0.717, 1.165) is 16.4 Å². The number of nitrogens with zero attached hydrogens (tertiary/aromatic N) is 2. The highest BCUT2D eigenvalue weighted by atomic mass is 35.5. The van der Waals surface area contributed by atoms with Crippen LogP contribution in [0.2, 0.25) is 5.02 Å². The van der Waals surface area contributed by atoms with Gasteiger partial charge in [0.05, 0.1) is 10.5 Å². The van der Waals surface area contributed by atoms with Crippen molar-refractivity contribution in [3.05, 3.63) is 52.7 Å². The van der Waals surface area contributed by atoms with Crippen molar-refractivity contribution >= 4 is 34.5 Å². The van der Waals surface area contributed by atoms with E-state index in [-0.39, 0.29) is 0 Å². The van der Waals surface area contributed by atoms with Gasteiger partial charge in [0.25, 0.3) is 0 Å². The summed E-state index contributed by atoms with van der Waals surface area (Å²) in [7, 11) is 0. The van der Waals surface area contributed by atoms with Gasteiger partial charge in [0.2, 0.25) is 0 Å². The van der Waals surface area contributed by atoms with Gasteiger partial charge in [-0.2, -0.15) is 0 Å². The van der Waals surface area contributed by atoms with Crippen LogP contribution in [-0.4, -0.2) is 15.0 Å².